The van der Waals surface area contributed by atoms with Crippen LogP contribution in [-0.2, 0) is 5.41 Å². The number of rotatable bonds is 6. The van der Waals surface area contributed by atoms with Gasteiger partial charge in [0.15, 0.2) is 23.3 Å². The van der Waals surface area contributed by atoms with E-state index in [0.29, 0.717) is 23.3 Å². The van der Waals surface area contributed by atoms with Crippen LogP contribution in [0.25, 0.3) is 78.9 Å². The quantitative estimate of drug-likeness (QED) is 0.178. The highest BCUT2D eigenvalue weighted by molar-refractivity contribution is 5.87. The van der Waals surface area contributed by atoms with Crippen LogP contribution in [0.4, 0.5) is 0 Å². The van der Waals surface area contributed by atoms with Crippen LogP contribution in [-0.4, -0.2) is 24.9 Å². The van der Waals surface area contributed by atoms with Crippen molar-refractivity contribution in [2.75, 3.05) is 0 Å². The molecule has 0 fully saturated rings. The second kappa shape index (κ2) is 12.4. The molecule has 0 unspecified atom stereocenters. The van der Waals surface area contributed by atoms with Gasteiger partial charge in [0.2, 0.25) is 0 Å². The molecule has 0 bridgehead atoms. The molecule has 242 valence electrons. The van der Waals surface area contributed by atoms with Crippen molar-refractivity contribution in [3.8, 4) is 78.9 Å². The monoisotopic (exact) mass is 655 g/mol. The zero-order chi connectivity index (χ0) is 34.4. The van der Waals surface area contributed by atoms with E-state index in [4.69, 9.17) is 15.0 Å². The highest BCUT2D eigenvalue weighted by Crippen LogP contribution is 2.49. The molecule has 0 saturated heterocycles. The minimum atomic E-state index is -0.0613. The molecule has 1 aliphatic rings. The van der Waals surface area contributed by atoms with E-state index in [0.717, 1.165) is 44.5 Å². The lowest BCUT2D eigenvalue weighted by Crippen LogP contribution is -2.14. The fraction of sp³-hybridized carbons (Fsp3) is 0.0652. The Morgan fingerprint density at radius 2 is 0.804 bits per heavy atom. The fourth-order valence-electron chi connectivity index (χ4n) is 7.19. The fourth-order valence-corrected chi connectivity index (χ4v) is 7.19. The van der Waals surface area contributed by atoms with Gasteiger partial charge in [-0.15, -0.1) is 0 Å². The van der Waals surface area contributed by atoms with Crippen molar-refractivity contribution in [2.45, 2.75) is 19.3 Å². The second-order valence-electron chi connectivity index (χ2n) is 13.4. The van der Waals surface area contributed by atoms with E-state index in [1.807, 2.05) is 66.7 Å². The highest BCUT2D eigenvalue weighted by Gasteiger charge is 2.35. The van der Waals surface area contributed by atoms with Gasteiger partial charge < -0.3 is 0 Å². The van der Waals surface area contributed by atoms with Crippen molar-refractivity contribution in [1.29, 1.82) is 0 Å². The molecule has 2 aromatic heterocycles. The molecule has 0 radical (unpaired) electrons. The zero-order valence-electron chi connectivity index (χ0n) is 28.3. The van der Waals surface area contributed by atoms with E-state index in [-0.39, 0.29) is 5.41 Å². The lowest BCUT2D eigenvalue weighted by Gasteiger charge is -2.21. The van der Waals surface area contributed by atoms with Crippen molar-refractivity contribution < 1.29 is 0 Å². The molecule has 0 aliphatic heterocycles. The van der Waals surface area contributed by atoms with Crippen LogP contribution in [0.2, 0.25) is 0 Å². The molecular formula is C46H33N5. The smallest absolute Gasteiger partial charge is 0.164 e. The Bertz CT molecular complexity index is 2470. The summed E-state index contributed by atoms with van der Waals surface area (Å²) in [5.41, 5.74) is 13.3. The molecule has 1 aliphatic carbocycles. The maximum atomic E-state index is 5.09. The van der Waals surface area contributed by atoms with E-state index in [2.05, 4.69) is 109 Å². The minimum Gasteiger partial charge on any atom is -0.237 e. The molecule has 2 heterocycles. The van der Waals surface area contributed by atoms with Crippen LogP contribution in [0.1, 0.15) is 25.0 Å². The number of aromatic nitrogens is 5. The first kappa shape index (κ1) is 30.5. The summed E-state index contributed by atoms with van der Waals surface area (Å²) in [6.45, 7) is 4.63. The van der Waals surface area contributed by atoms with Crippen molar-refractivity contribution in [3.63, 3.8) is 0 Å². The average Bonchev–Trinajstić information content (AvgIpc) is 3.44. The summed E-state index contributed by atoms with van der Waals surface area (Å²) >= 11 is 0. The molecule has 0 N–H and O–H groups in total. The average molecular weight is 656 g/mol. The van der Waals surface area contributed by atoms with Gasteiger partial charge in [0.1, 0.15) is 0 Å². The summed E-state index contributed by atoms with van der Waals surface area (Å²) in [6.07, 6.45) is 3.54. The molecule has 0 saturated carbocycles. The van der Waals surface area contributed by atoms with E-state index >= 15 is 0 Å². The summed E-state index contributed by atoms with van der Waals surface area (Å²) in [5, 5.41) is 0. The SMILES string of the molecule is CC1(C)c2ccccc2-c2cc(-c3cc(-c4ccc(-c5ncccn5)cc4)cc(-c4nc(-c5ccccc5)nc(-c5ccccc5)n4)c3)ccc21. The first-order chi connectivity index (χ1) is 25.0. The van der Waals surface area contributed by atoms with Gasteiger partial charge in [-0.3, -0.25) is 0 Å². The van der Waals surface area contributed by atoms with Gasteiger partial charge in [0.05, 0.1) is 0 Å². The van der Waals surface area contributed by atoms with E-state index in [1.165, 1.54) is 22.3 Å². The lowest BCUT2D eigenvalue weighted by molar-refractivity contribution is 0.660. The molecule has 5 heteroatoms. The first-order valence-corrected chi connectivity index (χ1v) is 17.2. The largest absolute Gasteiger partial charge is 0.237 e. The standard InChI is InChI=1S/C46H33N5/c1-46(2)40-17-10-9-16-38(40)39-29-34(22-23-41(39)46)36-26-35(30-18-20-33(21-19-30)42-47-24-11-25-48-42)27-37(28-36)45-50-43(31-12-5-3-6-13-31)49-44(51-45)32-14-7-4-8-15-32/h3-29H,1-2H3. The molecule has 0 atom stereocenters. The minimum absolute atomic E-state index is 0.0613. The molecule has 0 amide bonds. The molecule has 6 aromatic carbocycles. The van der Waals surface area contributed by atoms with Gasteiger partial charge in [-0.05, 0) is 74.8 Å². The normalized spacial score (nSPS) is 12.7. The van der Waals surface area contributed by atoms with Crippen molar-refractivity contribution in [1.82, 2.24) is 24.9 Å². The van der Waals surface area contributed by atoms with E-state index < -0.39 is 0 Å². The van der Waals surface area contributed by atoms with Gasteiger partial charge in [0, 0.05) is 40.1 Å². The third kappa shape index (κ3) is 5.59. The Morgan fingerprint density at radius 1 is 0.333 bits per heavy atom. The predicted molar refractivity (Wildman–Crippen MR) is 206 cm³/mol. The summed E-state index contributed by atoms with van der Waals surface area (Å²) in [6, 6.07) is 52.8. The Morgan fingerprint density at radius 3 is 1.45 bits per heavy atom. The highest BCUT2D eigenvalue weighted by atomic mass is 15.0. The summed E-state index contributed by atoms with van der Waals surface area (Å²) < 4.78 is 0. The van der Waals surface area contributed by atoms with E-state index in [9.17, 15) is 0 Å². The molecule has 5 nitrogen and oxygen atoms in total. The third-order valence-electron chi connectivity index (χ3n) is 9.85. The maximum Gasteiger partial charge on any atom is 0.164 e. The van der Waals surface area contributed by atoms with Crippen LogP contribution in [0.15, 0.2) is 164 Å². The van der Waals surface area contributed by atoms with Gasteiger partial charge in [-0.1, -0.05) is 135 Å². The van der Waals surface area contributed by atoms with Crippen molar-refractivity contribution in [3.05, 3.63) is 175 Å². The van der Waals surface area contributed by atoms with Crippen molar-refractivity contribution >= 4 is 0 Å². The summed E-state index contributed by atoms with van der Waals surface area (Å²) in [4.78, 5) is 24.0. The molecule has 0 spiro atoms. The van der Waals surface area contributed by atoms with Crippen molar-refractivity contribution in [2.24, 2.45) is 0 Å². The van der Waals surface area contributed by atoms with Crippen LogP contribution in [0.5, 0.6) is 0 Å². The first-order valence-electron chi connectivity index (χ1n) is 17.2. The number of fused-ring (bicyclic) bond motifs is 3. The number of benzene rings is 6. The van der Waals surface area contributed by atoms with Crippen LogP contribution < -0.4 is 0 Å². The molecule has 8 aromatic rings. The Balaban J connectivity index is 1.24. The predicted octanol–water partition coefficient (Wildman–Crippen LogP) is 11.0. The number of hydrogen-bond donors (Lipinski definition) is 0. The van der Waals surface area contributed by atoms with Gasteiger partial charge in [-0.2, -0.15) is 0 Å². The van der Waals surface area contributed by atoms with Gasteiger partial charge in [-0.25, -0.2) is 24.9 Å². The zero-order valence-corrected chi connectivity index (χ0v) is 28.3. The molecular weight excluding hydrogens is 623 g/mol. The Labute approximate surface area is 297 Å². The number of hydrogen-bond acceptors (Lipinski definition) is 5. The Kier molecular flexibility index (Phi) is 7.40. The maximum absolute atomic E-state index is 5.09. The Hall–Kier alpha value is -6.59. The lowest BCUT2D eigenvalue weighted by atomic mass is 9.82. The molecule has 51 heavy (non-hydrogen) atoms. The topological polar surface area (TPSA) is 64.5 Å². The van der Waals surface area contributed by atoms with E-state index in [1.54, 1.807) is 12.4 Å². The second-order valence-corrected chi connectivity index (χ2v) is 13.4. The summed E-state index contributed by atoms with van der Waals surface area (Å²) in [5.74, 6) is 2.59. The number of nitrogens with zero attached hydrogens (tertiary/aromatic N) is 5. The van der Waals surface area contributed by atoms with Crippen LogP contribution in [0.3, 0.4) is 0 Å². The third-order valence-corrected chi connectivity index (χ3v) is 9.85. The van der Waals surface area contributed by atoms with Gasteiger partial charge >= 0.3 is 0 Å². The van der Waals surface area contributed by atoms with Crippen LogP contribution >= 0.6 is 0 Å². The van der Waals surface area contributed by atoms with Gasteiger partial charge in [0.25, 0.3) is 0 Å². The summed E-state index contributed by atoms with van der Waals surface area (Å²) in [7, 11) is 0. The molecule has 9 rings (SSSR count). The van der Waals surface area contributed by atoms with Crippen LogP contribution in [0, 0.1) is 0 Å².